The highest BCUT2D eigenvalue weighted by Crippen LogP contribution is 2.09. The number of hydrogen-bond donors (Lipinski definition) is 3. The van der Waals surface area contributed by atoms with Crippen LogP contribution in [0.3, 0.4) is 0 Å². The predicted octanol–water partition coefficient (Wildman–Crippen LogP) is 1.94. The van der Waals surface area contributed by atoms with E-state index in [-0.39, 0.29) is 11.3 Å². The highest BCUT2D eigenvalue weighted by molar-refractivity contribution is 5.95. The van der Waals surface area contributed by atoms with Crippen LogP contribution in [0.2, 0.25) is 0 Å². The first kappa shape index (κ1) is 16.3. The van der Waals surface area contributed by atoms with Crippen molar-refractivity contribution in [2.24, 2.45) is 5.10 Å². The Bertz CT molecular complexity index is 970. The summed E-state index contributed by atoms with van der Waals surface area (Å²) in [6, 6.07) is 14.9. The molecule has 1 amide bonds. The Balaban J connectivity index is 1.78. The van der Waals surface area contributed by atoms with Gasteiger partial charge in [-0.25, -0.2) is 10.1 Å². The van der Waals surface area contributed by atoms with Gasteiger partial charge < -0.3 is 5.11 Å². The fourth-order valence-corrected chi connectivity index (χ4v) is 2.30. The van der Waals surface area contributed by atoms with Crippen molar-refractivity contribution in [3.05, 3.63) is 81.8 Å². The molecule has 126 valence electrons. The summed E-state index contributed by atoms with van der Waals surface area (Å²) in [5.74, 6) is -0.364. The minimum atomic E-state index is -0.437. The summed E-state index contributed by atoms with van der Waals surface area (Å²) in [7, 11) is 0. The number of nitrogens with one attached hydrogen (secondary N) is 2. The van der Waals surface area contributed by atoms with Crippen molar-refractivity contribution in [3.8, 4) is 11.4 Å². The normalized spacial score (nSPS) is 10.9. The molecule has 0 aliphatic rings. The van der Waals surface area contributed by atoms with Crippen LogP contribution in [0, 0.1) is 6.92 Å². The monoisotopic (exact) mass is 336 g/mol. The first-order valence-electron chi connectivity index (χ1n) is 7.56. The van der Waals surface area contributed by atoms with Crippen molar-refractivity contribution in [1.82, 2.24) is 15.2 Å². The number of H-pyrrole nitrogens is 1. The molecule has 3 N–H and O–H groups in total. The van der Waals surface area contributed by atoms with E-state index in [1.807, 2.05) is 30.3 Å². The van der Waals surface area contributed by atoms with Crippen LogP contribution in [0.5, 0.6) is 5.75 Å². The van der Waals surface area contributed by atoms with Crippen molar-refractivity contribution < 1.29 is 9.90 Å². The van der Waals surface area contributed by atoms with E-state index in [1.165, 1.54) is 35.2 Å². The third-order valence-corrected chi connectivity index (χ3v) is 3.62. The molecule has 0 aliphatic heterocycles. The largest absolute Gasteiger partial charge is 0.508 e. The Morgan fingerprint density at radius 1 is 1.16 bits per heavy atom. The maximum atomic E-state index is 12.5. The summed E-state index contributed by atoms with van der Waals surface area (Å²) >= 11 is 0. The minimum Gasteiger partial charge on any atom is -0.508 e. The van der Waals surface area contributed by atoms with E-state index in [0.29, 0.717) is 22.5 Å². The number of aryl methyl sites for hydroxylation is 1. The quantitative estimate of drug-likeness (QED) is 0.501. The maximum Gasteiger partial charge on any atom is 0.280 e. The molecule has 0 unspecified atom stereocenters. The molecule has 2 aromatic carbocycles. The number of phenols is 1. The number of hydrogen-bond acceptors (Lipinski definition) is 4. The minimum absolute atomic E-state index is 0.0736. The number of hydrazone groups is 1. The number of para-hydroxylation sites is 1. The van der Waals surface area contributed by atoms with E-state index in [0.717, 1.165) is 0 Å². The summed E-state index contributed by atoms with van der Waals surface area (Å²) in [4.78, 5) is 24.4. The van der Waals surface area contributed by atoms with Crippen molar-refractivity contribution >= 4 is 12.1 Å². The molecule has 25 heavy (non-hydrogen) atoms. The zero-order chi connectivity index (χ0) is 17.8. The van der Waals surface area contributed by atoms with Gasteiger partial charge in [0.15, 0.2) is 0 Å². The molecule has 1 heterocycles. The molecule has 3 aromatic rings. The molecule has 0 radical (unpaired) electrons. The van der Waals surface area contributed by atoms with Gasteiger partial charge in [-0.15, -0.1) is 0 Å². The molecular weight excluding hydrogens is 320 g/mol. The van der Waals surface area contributed by atoms with E-state index in [4.69, 9.17) is 0 Å². The van der Waals surface area contributed by atoms with Gasteiger partial charge in [-0.3, -0.25) is 14.7 Å². The Labute approximate surface area is 143 Å². The lowest BCUT2D eigenvalue weighted by Gasteiger charge is -1.99. The Morgan fingerprint density at radius 3 is 2.52 bits per heavy atom. The fraction of sp³-hybridized carbons (Fsp3) is 0.0556. The number of aromatic amines is 1. The number of rotatable bonds is 4. The van der Waals surface area contributed by atoms with Gasteiger partial charge in [0.1, 0.15) is 5.75 Å². The van der Waals surface area contributed by atoms with Gasteiger partial charge in [-0.05, 0) is 43.3 Å². The lowest BCUT2D eigenvalue weighted by Crippen LogP contribution is -2.20. The topological polar surface area (TPSA) is 99.5 Å². The molecule has 0 saturated carbocycles. The van der Waals surface area contributed by atoms with Gasteiger partial charge in [0.2, 0.25) is 0 Å². The second kappa shape index (κ2) is 6.88. The third kappa shape index (κ3) is 3.50. The Kier molecular flexibility index (Phi) is 4.47. The zero-order valence-electron chi connectivity index (χ0n) is 13.4. The average molecular weight is 336 g/mol. The number of aromatic nitrogens is 2. The Morgan fingerprint density at radius 2 is 1.84 bits per heavy atom. The standard InChI is InChI=1S/C18H16N4O3/c1-12-16(18(25)22(21-12)14-5-3-2-4-6-14)11-19-20-17(24)13-7-9-15(23)10-8-13/h2-11,21,23H,1H3,(H,20,24). The number of carbonyl (C=O) groups excluding carboxylic acids is 1. The molecule has 0 bridgehead atoms. The smallest absolute Gasteiger partial charge is 0.280 e. The van der Waals surface area contributed by atoms with Crippen molar-refractivity contribution in [1.29, 1.82) is 0 Å². The van der Waals surface area contributed by atoms with Gasteiger partial charge in [0.25, 0.3) is 11.5 Å². The summed E-state index contributed by atoms with van der Waals surface area (Å²) in [6.07, 6.45) is 1.31. The van der Waals surface area contributed by atoms with E-state index in [2.05, 4.69) is 15.6 Å². The van der Waals surface area contributed by atoms with Crippen LogP contribution in [0.4, 0.5) is 0 Å². The van der Waals surface area contributed by atoms with Crippen LogP contribution in [0.15, 0.2) is 64.5 Å². The lowest BCUT2D eigenvalue weighted by molar-refractivity contribution is 0.0955. The second-order valence-electron chi connectivity index (χ2n) is 5.37. The number of carbonyl (C=O) groups is 1. The average Bonchev–Trinajstić information content (AvgIpc) is 2.91. The van der Waals surface area contributed by atoms with Gasteiger partial charge in [0.05, 0.1) is 17.5 Å². The summed E-state index contributed by atoms with van der Waals surface area (Å²) < 4.78 is 1.42. The molecule has 0 spiro atoms. The molecule has 0 atom stereocenters. The molecule has 3 rings (SSSR count). The highest BCUT2D eigenvalue weighted by Gasteiger charge is 2.10. The summed E-state index contributed by atoms with van der Waals surface area (Å²) in [5.41, 5.74) is 4.15. The van der Waals surface area contributed by atoms with Gasteiger partial charge in [0, 0.05) is 11.3 Å². The summed E-state index contributed by atoms with van der Waals surface area (Å²) in [6.45, 7) is 1.75. The van der Waals surface area contributed by atoms with Gasteiger partial charge in [-0.2, -0.15) is 5.10 Å². The molecule has 0 fully saturated rings. The second-order valence-corrected chi connectivity index (χ2v) is 5.37. The zero-order valence-corrected chi connectivity index (χ0v) is 13.4. The van der Waals surface area contributed by atoms with Crippen LogP contribution >= 0.6 is 0 Å². The van der Waals surface area contributed by atoms with Gasteiger partial charge in [-0.1, -0.05) is 18.2 Å². The third-order valence-electron chi connectivity index (χ3n) is 3.62. The van der Waals surface area contributed by atoms with Gasteiger partial charge >= 0.3 is 0 Å². The van der Waals surface area contributed by atoms with Crippen LogP contribution in [-0.2, 0) is 0 Å². The van der Waals surface area contributed by atoms with Crippen LogP contribution < -0.4 is 11.0 Å². The first-order valence-corrected chi connectivity index (χ1v) is 7.56. The summed E-state index contributed by atoms with van der Waals surface area (Å²) in [5, 5.41) is 16.0. The van der Waals surface area contributed by atoms with Crippen LogP contribution in [0.25, 0.3) is 5.69 Å². The van der Waals surface area contributed by atoms with Crippen LogP contribution in [-0.4, -0.2) is 27.0 Å². The Hall–Kier alpha value is -3.61. The van der Waals surface area contributed by atoms with Crippen molar-refractivity contribution in [3.63, 3.8) is 0 Å². The fourth-order valence-electron chi connectivity index (χ4n) is 2.30. The van der Waals surface area contributed by atoms with E-state index in [9.17, 15) is 14.7 Å². The van der Waals surface area contributed by atoms with Crippen molar-refractivity contribution in [2.75, 3.05) is 0 Å². The molecule has 1 aromatic heterocycles. The maximum absolute atomic E-state index is 12.5. The van der Waals surface area contributed by atoms with E-state index in [1.54, 1.807) is 6.92 Å². The molecule has 0 saturated heterocycles. The SMILES string of the molecule is Cc1[nH]n(-c2ccccc2)c(=O)c1C=NNC(=O)c1ccc(O)cc1. The predicted molar refractivity (Wildman–Crippen MR) is 94.3 cm³/mol. The lowest BCUT2D eigenvalue weighted by atomic mass is 10.2. The highest BCUT2D eigenvalue weighted by atomic mass is 16.3. The van der Waals surface area contributed by atoms with Crippen molar-refractivity contribution in [2.45, 2.75) is 6.92 Å². The number of phenolic OH excluding ortho intramolecular Hbond substituents is 1. The van der Waals surface area contributed by atoms with E-state index < -0.39 is 5.91 Å². The molecule has 0 aliphatic carbocycles. The van der Waals surface area contributed by atoms with Crippen LogP contribution in [0.1, 0.15) is 21.6 Å². The number of nitrogens with zero attached hydrogens (tertiary/aromatic N) is 2. The molecular formula is C18H16N4O3. The molecule has 7 nitrogen and oxygen atoms in total. The number of benzene rings is 2. The number of amides is 1. The van der Waals surface area contributed by atoms with E-state index >= 15 is 0 Å². The number of aromatic hydroxyl groups is 1. The first-order chi connectivity index (χ1) is 12.1. The molecule has 7 heteroatoms.